The Hall–Kier alpha value is -2.10. The summed E-state index contributed by atoms with van der Waals surface area (Å²) in [5.74, 6) is 0. The van der Waals surface area contributed by atoms with Gasteiger partial charge in [-0.3, -0.25) is 4.99 Å². The lowest BCUT2D eigenvalue weighted by Gasteiger charge is -2.27. The van der Waals surface area contributed by atoms with Crippen LogP contribution in [0.25, 0.3) is 5.57 Å². The van der Waals surface area contributed by atoms with E-state index < -0.39 is 0 Å². The second-order valence-electron chi connectivity index (χ2n) is 7.05. The standard InChI is InChI=1S/C25H35ClN2O.C2H6/c1-6-8-10-17-28(24(19-29)25(26)27-5)18-16-22-12-14-23(15-13-22)21(4)20(3)11-9-7-2;1-2/h7,9,11-15,29H,4-6,8,10,16-19H2,1-3H3;1-2H3/b9-7-,20-11-,25-24-;. The molecule has 0 aliphatic rings. The van der Waals surface area contributed by atoms with E-state index in [0.29, 0.717) is 5.70 Å². The summed E-state index contributed by atoms with van der Waals surface area (Å²) in [4.78, 5) is 5.93. The van der Waals surface area contributed by atoms with Crippen LogP contribution in [0.1, 0.15) is 65.0 Å². The molecule has 0 atom stereocenters. The third-order valence-electron chi connectivity index (χ3n) is 4.93. The van der Waals surface area contributed by atoms with Gasteiger partial charge in [-0.25, -0.2) is 0 Å². The molecule has 1 aromatic rings. The van der Waals surface area contributed by atoms with E-state index >= 15 is 0 Å². The van der Waals surface area contributed by atoms with E-state index in [2.05, 4.69) is 67.4 Å². The molecule has 4 heteroatoms. The molecule has 0 heterocycles. The number of unbranched alkanes of at least 4 members (excludes halogenated alkanes) is 2. The molecule has 0 fully saturated rings. The summed E-state index contributed by atoms with van der Waals surface area (Å²) in [7, 11) is 0. The minimum atomic E-state index is -0.138. The maximum absolute atomic E-state index is 9.77. The fourth-order valence-electron chi connectivity index (χ4n) is 3.03. The summed E-state index contributed by atoms with van der Waals surface area (Å²) in [6.07, 6.45) is 10.3. The first-order chi connectivity index (χ1) is 15.0. The van der Waals surface area contributed by atoms with Crippen LogP contribution < -0.4 is 0 Å². The third-order valence-corrected chi connectivity index (χ3v) is 5.27. The van der Waals surface area contributed by atoms with Crippen LogP contribution in [0.4, 0.5) is 0 Å². The van der Waals surface area contributed by atoms with Gasteiger partial charge < -0.3 is 10.0 Å². The zero-order chi connectivity index (χ0) is 23.6. The SMILES string of the molecule is C=N/C(Cl)=C(/CO)N(CCCCC)CCc1ccc(C(=C)/C(C)=C\C=C/C)cc1.CC. The normalized spacial score (nSPS) is 12.2. The summed E-state index contributed by atoms with van der Waals surface area (Å²) in [6.45, 7) is 19.4. The van der Waals surface area contributed by atoms with Crippen LogP contribution in [-0.2, 0) is 6.42 Å². The summed E-state index contributed by atoms with van der Waals surface area (Å²) in [5.41, 5.74) is 5.19. The van der Waals surface area contributed by atoms with Crippen LogP contribution >= 0.6 is 11.6 Å². The van der Waals surface area contributed by atoms with Crippen LogP contribution in [0.5, 0.6) is 0 Å². The van der Waals surface area contributed by atoms with Crippen LogP contribution in [0, 0.1) is 0 Å². The number of halogens is 1. The number of rotatable bonds is 13. The Morgan fingerprint density at radius 2 is 1.81 bits per heavy atom. The molecule has 1 N–H and O–H groups in total. The second kappa shape index (κ2) is 17.6. The molecule has 0 aliphatic heterocycles. The first kappa shape index (κ1) is 28.9. The average Bonchev–Trinajstić information content (AvgIpc) is 2.82. The highest BCUT2D eigenvalue weighted by Gasteiger charge is 2.13. The molecule has 0 aliphatic carbocycles. The maximum atomic E-state index is 9.77. The van der Waals surface area contributed by atoms with E-state index in [-0.39, 0.29) is 11.8 Å². The predicted octanol–water partition coefficient (Wildman–Crippen LogP) is 7.38. The van der Waals surface area contributed by atoms with Crippen LogP contribution in [0.3, 0.4) is 0 Å². The van der Waals surface area contributed by atoms with E-state index in [0.717, 1.165) is 55.5 Å². The number of benzene rings is 1. The topological polar surface area (TPSA) is 35.8 Å². The molecule has 31 heavy (non-hydrogen) atoms. The van der Waals surface area contributed by atoms with Gasteiger partial charge in [0.05, 0.1) is 12.3 Å². The molecule has 0 saturated carbocycles. The maximum Gasteiger partial charge on any atom is 0.149 e. The van der Waals surface area contributed by atoms with Gasteiger partial charge in [-0.05, 0) is 55.7 Å². The zero-order valence-electron chi connectivity index (χ0n) is 20.1. The zero-order valence-corrected chi connectivity index (χ0v) is 20.9. The molecular weight excluding hydrogens is 404 g/mol. The van der Waals surface area contributed by atoms with E-state index in [1.54, 1.807) is 0 Å². The Bertz CT molecular complexity index is 745. The Balaban J connectivity index is 0.00000436. The largest absolute Gasteiger partial charge is 0.390 e. The minimum absolute atomic E-state index is 0.138. The lowest BCUT2D eigenvalue weighted by Crippen LogP contribution is -2.29. The van der Waals surface area contributed by atoms with Crippen molar-refractivity contribution in [1.29, 1.82) is 0 Å². The van der Waals surface area contributed by atoms with Crippen molar-refractivity contribution in [1.82, 2.24) is 4.90 Å². The number of hydrogen-bond donors (Lipinski definition) is 1. The quantitative estimate of drug-likeness (QED) is 0.149. The van der Waals surface area contributed by atoms with Crippen molar-refractivity contribution < 1.29 is 5.11 Å². The Morgan fingerprint density at radius 1 is 1.16 bits per heavy atom. The molecule has 1 rings (SSSR count). The molecule has 1 aromatic carbocycles. The third kappa shape index (κ3) is 10.7. The van der Waals surface area contributed by atoms with E-state index in [9.17, 15) is 5.11 Å². The number of allylic oxidation sites excluding steroid dienone is 5. The Labute approximate surface area is 195 Å². The van der Waals surface area contributed by atoms with Gasteiger partial charge in [0, 0.05) is 13.1 Å². The first-order valence-electron chi connectivity index (χ1n) is 11.3. The van der Waals surface area contributed by atoms with Gasteiger partial charge in [0.1, 0.15) is 5.16 Å². The fourth-order valence-corrected chi connectivity index (χ4v) is 3.21. The van der Waals surface area contributed by atoms with E-state index in [1.165, 1.54) is 5.56 Å². The highest BCUT2D eigenvalue weighted by Crippen LogP contribution is 2.22. The number of aliphatic imine (C=N–C) groups is 1. The number of aliphatic hydroxyl groups excluding tert-OH is 1. The summed E-state index contributed by atoms with van der Waals surface area (Å²) < 4.78 is 0. The number of hydrogen-bond acceptors (Lipinski definition) is 3. The molecule has 0 amide bonds. The lowest BCUT2D eigenvalue weighted by molar-refractivity contribution is 0.248. The molecule has 0 radical (unpaired) electrons. The van der Waals surface area contributed by atoms with E-state index in [1.807, 2.05) is 32.9 Å². The van der Waals surface area contributed by atoms with Crippen molar-refractivity contribution in [2.75, 3.05) is 19.7 Å². The van der Waals surface area contributed by atoms with E-state index in [4.69, 9.17) is 11.6 Å². The van der Waals surface area contributed by atoms with Gasteiger partial charge >= 0.3 is 0 Å². The highest BCUT2D eigenvalue weighted by atomic mass is 35.5. The van der Waals surface area contributed by atoms with Crippen LogP contribution in [-0.4, -0.2) is 36.4 Å². The lowest BCUT2D eigenvalue weighted by atomic mass is 9.98. The Morgan fingerprint density at radius 3 is 2.32 bits per heavy atom. The van der Waals surface area contributed by atoms with Gasteiger partial charge in [-0.15, -0.1) is 0 Å². The van der Waals surface area contributed by atoms with Gasteiger partial charge in [0.2, 0.25) is 0 Å². The smallest absolute Gasteiger partial charge is 0.149 e. The van der Waals surface area contributed by atoms with Crippen LogP contribution in [0.15, 0.2) is 70.5 Å². The molecule has 0 unspecified atom stereocenters. The average molecular weight is 445 g/mol. The minimum Gasteiger partial charge on any atom is -0.390 e. The molecular formula is C27H41ClN2O. The summed E-state index contributed by atoms with van der Waals surface area (Å²) in [5, 5.41) is 10.0. The second-order valence-corrected chi connectivity index (χ2v) is 7.41. The first-order valence-corrected chi connectivity index (χ1v) is 11.7. The van der Waals surface area contributed by atoms with Crippen LogP contribution in [0.2, 0.25) is 0 Å². The van der Waals surface area contributed by atoms with Crippen molar-refractivity contribution in [2.45, 2.75) is 60.3 Å². The molecule has 0 aromatic heterocycles. The van der Waals surface area contributed by atoms with Gasteiger partial charge in [0.25, 0.3) is 0 Å². The summed E-state index contributed by atoms with van der Waals surface area (Å²) in [6, 6.07) is 8.52. The van der Waals surface area contributed by atoms with Gasteiger partial charge in [-0.2, -0.15) is 0 Å². The van der Waals surface area contributed by atoms with Crippen molar-refractivity contribution in [3.8, 4) is 0 Å². The number of aliphatic hydroxyl groups is 1. The molecule has 0 bridgehead atoms. The summed E-state index contributed by atoms with van der Waals surface area (Å²) >= 11 is 6.17. The fraction of sp³-hybridized carbons (Fsp3) is 0.444. The molecule has 0 saturated heterocycles. The van der Waals surface area contributed by atoms with Crippen molar-refractivity contribution in [3.05, 3.63) is 76.6 Å². The Kier molecular flexibility index (Phi) is 16.4. The highest BCUT2D eigenvalue weighted by molar-refractivity contribution is 6.29. The number of nitrogens with zero attached hydrogens (tertiary/aromatic N) is 2. The van der Waals surface area contributed by atoms with Crippen molar-refractivity contribution in [2.24, 2.45) is 4.99 Å². The van der Waals surface area contributed by atoms with Gasteiger partial charge in [0.15, 0.2) is 0 Å². The predicted molar refractivity (Wildman–Crippen MR) is 140 cm³/mol. The monoisotopic (exact) mass is 444 g/mol. The molecule has 0 spiro atoms. The van der Waals surface area contributed by atoms with Crippen molar-refractivity contribution >= 4 is 23.9 Å². The van der Waals surface area contributed by atoms with Crippen molar-refractivity contribution in [3.63, 3.8) is 0 Å². The van der Waals surface area contributed by atoms with Gasteiger partial charge in [-0.1, -0.05) is 94.3 Å². The molecule has 172 valence electrons. The molecule has 3 nitrogen and oxygen atoms in total.